The third-order valence-corrected chi connectivity index (χ3v) is 5.60. The highest BCUT2D eigenvalue weighted by molar-refractivity contribution is 9.10. The van der Waals surface area contributed by atoms with E-state index in [1.165, 1.54) is 11.3 Å². The van der Waals surface area contributed by atoms with Crippen molar-refractivity contribution >= 4 is 44.1 Å². The number of Topliss-reactive ketones (excluding diaryl/α,β-unsaturated/α-hetero) is 1. The van der Waals surface area contributed by atoms with Gasteiger partial charge in [0.05, 0.1) is 10.6 Å². The van der Waals surface area contributed by atoms with E-state index in [0.29, 0.717) is 27.9 Å². The van der Waals surface area contributed by atoms with Gasteiger partial charge in [0, 0.05) is 10.9 Å². The molecule has 0 saturated carbocycles. The minimum absolute atomic E-state index is 0.0965. The lowest BCUT2D eigenvalue weighted by Crippen LogP contribution is -2.11. The predicted molar refractivity (Wildman–Crippen MR) is 105 cm³/mol. The highest BCUT2D eigenvalue weighted by Crippen LogP contribution is 2.30. The first-order valence-electron chi connectivity index (χ1n) is 8.40. The Morgan fingerprint density at radius 3 is 3.00 bits per heavy atom. The lowest BCUT2D eigenvalue weighted by molar-refractivity contribution is 0.0973. The van der Waals surface area contributed by atoms with Gasteiger partial charge in [-0.25, -0.2) is 4.98 Å². The maximum atomic E-state index is 12.4. The molecule has 2 aromatic heterocycles. The lowest BCUT2D eigenvalue weighted by atomic mass is 10.0. The number of halogens is 1. The standard InChI is InChI=1S/C19H15BrN2O4S/c20-11-3-1-4-12(9-11)25-10-13-7-8-16(26-13)18(24)22-19-21-14-5-2-6-15(23)17(14)27-19/h1,3-4,7-9H,2,5-6,10H2,(H,21,22,24). The molecule has 4 rings (SSSR count). The monoisotopic (exact) mass is 446 g/mol. The molecule has 0 fully saturated rings. The van der Waals surface area contributed by atoms with Crippen molar-refractivity contribution in [2.75, 3.05) is 5.32 Å². The first-order valence-corrected chi connectivity index (χ1v) is 10.0. The van der Waals surface area contributed by atoms with E-state index in [1.54, 1.807) is 12.1 Å². The van der Waals surface area contributed by atoms with Crippen molar-refractivity contribution in [2.45, 2.75) is 25.9 Å². The second-order valence-corrected chi connectivity index (χ2v) is 7.95. The molecule has 3 aromatic rings. The molecule has 0 bridgehead atoms. The van der Waals surface area contributed by atoms with Crippen LogP contribution < -0.4 is 10.1 Å². The summed E-state index contributed by atoms with van der Waals surface area (Å²) in [5, 5.41) is 3.13. The first kappa shape index (κ1) is 17.9. The number of ketones is 1. The van der Waals surface area contributed by atoms with Gasteiger partial charge in [-0.1, -0.05) is 33.3 Å². The Labute approximate surface area is 167 Å². The number of carbonyl (C=O) groups is 2. The Kier molecular flexibility index (Phi) is 5.09. The van der Waals surface area contributed by atoms with Crippen molar-refractivity contribution in [3.05, 3.63) is 63.0 Å². The molecule has 0 atom stereocenters. The number of rotatable bonds is 5. The summed E-state index contributed by atoms with van der Waals surface area (Å²) in [4.78, 5) is 29.3. The fourth-order valence-electron chi connectivity index (χ4n) is 2.77. The fourth-order valence-corrected chi connectivity index (χ4v) is 4.12. The molecule has 0 unspecified atom stereocenters. The number of thiazole rings is 1. The van der Waals surface area contributed by atoms with Crippen molar-refractivity contribution in [3.8, 4) is 5.75 Å². The topological polar surface area (TPSA) is 81.4 Å². The number of fused-ring (bicyclic) bond motifs is 1. The molecule has 2 heterocycles. The van der Waals surface area contributed by atoms with Crippen molar-refractivity contribution in [3.63, 3.8) is 0 Å². The Morgan fingerprint density at radius 1 is 1.30 bits per heavy atom. The van der Waals surface area contributed by atoms with Gasteiger partial charge in [-0.3, -0.25) is 14.9 Å². The number of ether oxygens (including phenoxy) is 1. The second kappa shape index (κ2) is 7.66. The van der Waals surface area contributed by atoms with Gasteiger partial charge in [0.25, 0.3) is 5.91 Å². The van der Waals surface area contributed by atoms with Gasteiger partial charge in [-0.15, -0.1) is 0 Å². The van der Waals surface area contributed by atoms with Crippen molar-refractivity contribution in [1.29, 1.82) is 0 Å². The average Bonchev–Trinajstić information content (AvgIpc) is 3.27. The molecule has 0 aliphatic heterocycles. The third kappa shape index (κ3) is 4.12. The molecule has 138 valence electrons. The van der Waals surface area contributed by atoms with Gasteiger partial charge in [-0.2, -0.15) is 0 Å². The third-order valence-electron chi connectivity index (χ3n) is 4.05. The van der Waals surface area contributed by atoms with Crippen LogP contribution in [0.15, 0.2) is 45.3 Å². The molecule has 0 spiro atoms. The summed E-state index contributed by atoms with van der Waals surface area (Å²) in [6.45, 7) is 0.212. The van der Waals surface area contributed by atoms with E-state index < -0.39 is 5.91 Å². The molecule has 1 aliphatic carbocycles. The highest BCUT2D eigenvalue weighted by Gasteiger charge is 2.23. The molecule has 1 N–H and O–H groups in total. The zero-order valence-corrected chi connectivity index (χ0v) is 16.6. The van der Waals surface area contributed by atoms with E-state index in [2.05, 4.69) is 26.2 Å². The van der Waals surface area contributed by atoms with Gasteiger partial charge in [-0.05, 0) is 43.2 Å². The Morgan fingerprint density at radius 2 is 2.19 bits per heavy atom. The number of hydrogen-bond donors (Lipinski definition) is 1. The van der Waals surface area contributed by atoms with Crippen LogP contribution in [0, 0.1) is 0 Å². The number of amides is 1. The van der Waals surface area contributed by atoms with Crippen LogP contribution in [0.25, 0.3) is 0 Å². The van der Waals surface area contributed by atoms with E-state index in [0.717, 1.165) is 23.0 Å². The van der Waals surface area contributed by atoms with Crippen molar-refractivity contribution in [2.24, 2.45) is 0 Å². The van der Waals surface area contributed by atoms with E-state index >= 15 is 0 Å². The first-order chi connectivity index (χ1) is 13.1. The average molecular weight is 447 g/mol. The zero-order valence-electron chi connectivity index (χ0n) is 14.2. The molecule has 27 heavy (non-hydrogen) atoms. The summed E-state index contributed by atoms with van der Waals surface area (Å²) in [6.07, 6.45) is 2.12. The molecule has 0 saturated heterocycles. The minimum Gasteiger partial charge on any atom is -0.486 e. The van der Waals surface area contributed by atoms with Gasteiger partial charge in [0.15, 0.2) is 16.7 Å². The Balaban J connectivity index is 1.39. The summed E-state index contributed by atoms with van der Waals surface area (Å²) >= 11 is 4.60. The largest absolute Gasteiger partial charge is 0.486 e. The number of furan rings is 1. The number of aromatic nitrogens is 1. The van der Waals surface area contributed by atoms with Gasteiger partial charge in [0.2, 0.25) is 0 Å². The smallest absolute Gasteiger partial charge is 0.293 e. The number of hydrogen-bond acceptors (Lipinski definition) is 6. The molecule has 1 amide bonds. The molecular weight excluding hydrogens is 432 g/mol. The van der Waals surface area contributed by atoms with Crippen LogP contribution in [0.5, 0.6) is 5.75 Å². The number of anilines is 1. The maximum Gasteiger partial charge on any atom is 0.293 e. The van der Waals surface area contributed by atoms with E-state index in [4.69, 9.17) is 9.15 Å². The molecule has 8 heteroatoms. The lowest BCUT2D eigenvalue weighted by Gasteiger charge is -2.05. The zero-order chi connectivity index (χ0) is 18.8. The van der Waals surface area contributed by atoms with E-state index in [1.807, 2.05) is 24.3 Å². The second-order valence-electron chi connectivity index (χ2n) is 6.04. The normalized spacial score (nSPS) is 13.3. The summed E-state index contributed by atoms with van der Waals surface area (Å²) < 4.78 is 12.1. The Hall–Kier alpha value is -2.45. The van der Waals surface area contributed by atoms with Crippen LogP contribution in [0.2, 0.25) is 0 Å². The molecule has 0 radical (unpaired) electrons. The predicted octanol–water partition coefficient (Wildman–Crippen LogP) is 4.85. The summed E-state index contributed by atoms with van der Waals surface area (Å²) in [6, 6.07) is 10.8. The highest BCUT2D eigenvalue weighted by atomic mass is 79.9. The molecule has 6 nitrogen and oxygen atoms in total. The maximum absolute atomic E-state index is 12.4. The number of carbonyl (C=O) groups excluding carboxylic acids is 2. The number of nitrogens with one attached hydrogen (secondary N) is 1. The van der Waals surface area contributed by atoms with Crippen LogP contribution in [-0.2, 0) is 13.0 Å². The van der Waals surface area contributed by atoms with Crippen LogP contribution >= 0.6 is 27.3 Å². The molecule has 1 aliphatic rings. The number of benzene rings is 1. The quantitative estimate of drug-likeness (QED) is 0.605. The summed E-state index contributed by atoms with van der Waals surface area (Å²) in [5.74, 6) is 1.10. The van der Waals surface area contributed by atoms with Crippen LogP contribution in [0.1, 0.15) is 44.5 Å². The van der Waals surface area contributed by atoms with Gasteiger partial charge in [0.1, 0.15) is 18.1 Å². The van der Waals surface area contributed by atoms with E-state index in [9.17, 15) is 9.59 Å². The fraction of sp³-hybridized carbons (Fsp3) is 0.211. The SMILES string of the molecule is O=C(Nc1nc2c(s1)C(=O)CCC2)c1ccc(COc2cccc(Br)c2)o1. The summed E-state index contributed by atoms with van der Waals surface area (Å²) in [5.41, 5.74) is 0.772. The van der Waals surface area contributed by atoms with Crippen molar-refractivity contribution in [1.82, 2.24) is 4.98 Å². The van der Waals surface area contributed by atoms with Crippen LogP contribution in [0.3, 0.4) is 0 Å². The molecular formula is C19H15BrN2O4S. The van der Waals surface area contributed by atoms with Crippen LogP contribution in [-0.4, -0.2) is 16.7 Å². The van der Waals surface area contributed by atoms with E-state index in [-0.39, 0.29) is 18.2 Å². The minimum atomic E-state index is -0.401. The summed E-state index contributed by atoms with van der Waals surface area (Å²) in [7, 11) is 0. The van der Waals surface area contributed by atoms with Gasteiger partial charge >= 0.3 is 0 Å². The van der Waals surface area contributed by atoms with Gasteiger partial charge < -0.3 is 9.15 Å². The number of aryl methyl sites for hydroxylation is 1. The van der Waals surface area contributed by atoms with Crippen LogP contribution in [0.4, 0.5) is 5.13 Å². The Bertz CT molecular complexity index is 1010. The van der Waals surface area contributed by atoms with Crippen molar-refractivity contribution < 1.29 is 18.7 Å². The number of nitrogens with zero attached hydrogens (tertiary/aromatic N) is 1. The molecule has 1 aromatic carbocycles.